The third-order valence-electron chi connectivity index (χ3n) is 5.68. The standard InChI is InChI=1S/C25H25N3O2S2/c1-5-19-16(4)31-23-20(19)24(30)28(18-12-11-14(2)15(3)13-18)25(27-23)32-21(22(26)29)17-9-7-6-8-10-17/h6-13,21H,5H2,1-4H3,(H2,26,29). The Bertz CT molecular complexity index is 1370. The van der Waals surface area contributed by atoms with Gasteiger partial charge in [0.05, 0.1) is 11.1 Å². The number of amides is 1. The molecular weight excluding hydrogens is 438 g/mol. The number of carbonyl (C=O) groups excluding carboxylic acids is 1. The lowest BCUT2D eigenvalue weighted by molar-refractivity contribution is -0.117. The van der Waals surface area contributed by atoms with Crippen LogP contribution in [0.25, 0.3) is 15.9 Å². The average molecular weight is 464 g/mol. The molecule has 164 valence electrons. The molecule has 0 aliphatic heterocycles. The van der Waals surface area contributed by atoms with Gasteiger partial charge in [-0.1, -0.05) is 55.1 Å². The van der Waals surface area contributed by atoms with Crippen molar-refractivity contribution in [3.05, 3.63) is 86.0 Å². The largest absolute Gasteiger partial charge is 0.368 e. The Balaban J connectivity index is 1.99. The number of fused-ring (bicyclic) bond motifs is 1. The van der Waals surface area contributed by atoms with Crippen molar-refractivity contribution in [1.29, 1.82) is 0 Å². The van der Waals surface area contributed by atoms with Crippen molar-refractivity contribution in [2.24, 2.45) is 5.73 Å². The van der Waals surface area contributed by atoms with E-state index in [4.69, 9.17) is 10.7 Å². The highest BCUT2D eigenvalue weighted by molar-refractivity contribution is 8.00. The molecule has 2 N–H and O–H groups in total. The molecule has 0 spiro atoms. The van der Waals surface area contributed by atoms with Gasteiger partial charge in [0, 0.05) is 4.88 Å². The molecule has 4 aromatic rings. The van der Waals surface area contributed by atoms with Crippen molar-refractivity contribution in [3.8, 4) is 5.69 Å². The van der Waals surface area contributed by atoms with E-state index in [1.165, 1.54) is 23.1 Å². The number of carbonyl (C=O) groups is 1. The van der Waals surface area contributed by atoms with Gasteiger partial charge >= 0.3 is 0 Å². The number of aryl methyl sites for hydroxylation is 4. The first-order chi connectivity index (χ1) is 15.3. The van der Waals surface area contributed by atoms with E-state index in [1.807, 2.05) is 69.3 Å². The molecule has 0 aliphatic carbocycles. The zero-order valence-electron chi connectivity index (χ0n) is 18.5. The molecule has 0 radical (unpaired) electrons. The number of nitrogens with zero attached hydrogens (tertiary/aromatic N) is 2. The first kappa shape index (κ1) is 22.3. The van der Waals surface area contributed by atoms with Crippen LogP contribution in [0.5, 0.6) is 0 Å². The number of aromatic nitrogens is 2. The van der Waals surface area contributed by atoms with E-state index in [2.05, 4.69) is 6.92 Å². The Morgan fingerprint density at radius 1 is 1.12 bits per heavy atom. The summed E-state index contributed by atoms with van der Waals surface area (Å²) in [7, 11) is 0. The minimum absolute atomic E-state index is 0.113. The molecule has 0 bridgehead atoms. The SMILES string of the molecule is CCc1c(C)sc2nc(SC(C(N)=O)c3ccccc3)n(-c3ccc(C)c(C)c3)c(=O)c12. The van der Waals surface area contributed by atoms with E-state index in [0.717, 1.165) is 39.2 Å². The lowest BCUT2D eigenvalue weighted by Gasteiger charge is -2.18. The van der Waals surface area contributed by atoms with Gasteiger partial charge in [-0.15, -0.1) is 11.3 Å². The van der Waals surface area contributed by atoms with E-state index in [9.17, 15) is 9.59 Å². The number of rotatable bonds is 6. The second-order valence-electron chi connectivity index (χ2n) is 7.78. The number of thiophene rings is 1. The quantitative estimate of drug-likeness (QED) is 0.313. The number of hydrogen-bond acceptors (Lipinski definition) is 5. The highest BCUT2D eigenvalue weighted by Crippen LogP contribution is 2.37. The lowest BCUT2D eigenvalue weighted by atomic mass is 10.1. The maximum Gasteiger partial charge on any atom is 0.267 e. The highest BCUT2D eigenvalue weighted by Gasteiger charge is 2.25. The van der Waals surface area contributed by atoms with Gasteiger partial charge in [-0.25, -0.2) is 4.98 Å². The van der Waals surface area contributed by atoms with Crippen LogP contribution in [0.3, 0.4) is 0 Å². The molecule has 7 heteroatoms. The van der Waals surface area contributed by atoms with Crippen molar-refractivity contribution in [2.45, 2.75) is 44.5 Å². The number of thioether (sulfide) groups is 1. The molecule has 1 atom stereocenters. The molecule has 0 saturated carbocycles. The van der Waals surface area contributed by atoms with Crippen molar-refractivity contribution in [3.63, 3.8) is 0 Å². The molecule has 2 aromatic carbocycles. The maximum absolute atomic E-state index is 13.8. The predicted molar refractivity (Wildman–Crippen MR) is 133 cm³/mol. The van der Waals surface area contributed by atoms with Crippen LogP contribution in [0.4, 0.5) is 0 Å². The summed E-state index contributed by atoms with van der Waals surface area (Å²) in [5.41, 5.74) is 10.4. The second-order valence-corrected chi connectivity index (χ2v) is 10.1. The fourth-order valence-corrected chi connectivity index (χ4v) is 6.04. The zero-order valence-corrected chi connectivity index (χ0v) is 20.1. The first-order valence-electron chi connectivity index (χ1n) is 10.4. The van der Waals surface area contributed by atoms with Gasteiger partial charge in [0.1, 0.15) is 10.1 Å². The Morgan fingerprint density at radius 2 is 1.84 bits per heavy atom. The summed E-state index contributed by atoms with van der Waals surface area (Å²) < 4.78 is 1.63. The predicted octanol–water partition coefficient (Wildman–Crippen LogP) is 5.25. The molecule has 0 aliphatic rings. The van der Waals surface area contributed by atoms with Crippen LogP contribution in [0.15, 0.2) is 58.5 Å². The van der Waals surface area contributed by atoms with Crippen molar-refractivity contribution < 1.29 is 4.79 Å². The van der Waals surface area contributed by atoms with Crippen LogP contribution >= 0.6 is 23.1 Å². The van der Waals surface area contributed by atoms with Crippen LogP contribution < -0.4 is 11.3 Å². The number of benzene rings is 2. The summed E-state index contributed by atoms with van der Waals surface area (Å²) >= 11 is 2.74. The Labute approximate surface area is 195 Å². The molecule has 0 saturated heterocycles. The molecular formula is C25H25N3O2S2. The van der Waals surface area contributed by atoms with Gasteiger partial charge in [-0.05, 0) is 61.6 Å². The second kappa shape index (κ2) is 8.92. The molecule has 32 heavy (non-hydrogen) atoms. The monoisotopic (exact) mass is 463 g/mol. The van der Waals surface area contributed by atoms with Gasteiger partial charge in [0.2, 0.25) is 5.91 Å². The van der Waals surface area contributed by atoms with E-state index in [-0.39, 0.29) is 5.56 Å². The third-order valence-corrected chi connectivity index (χ3v) is 7.95. The van der Waals surface area contributed by atoms with Crippen LogP contribution in [-0.2, 0) is 11.2 Å². The van der Waals surface area contributed by atoms with E-state index >= 15 is 0 Å². The third kappa shape index (κ3) is 3.98. The topological polar surface area (TPSA) is 78.0 Å². The number of hydrogen-bond donors (Lipinski definition) is 1. The summed E-state index contributed by atoms with van der Waals surface area (Å²) in [4.78, 5) is 32.9. The van der Waals surface area contributed by atoms with Crippen LogP contribution in [0, 0.1) is 20.8 Å². The van der Waals surface area contributed by atoms with Crippen LogP contribution in [-0.4, -0.2) is 15.5 Å². The smallest absolute Gasteiger partial charge is 0.267 e. The zero-order chi connectivity index (χ0) is 23.0. The summed E-state index contributed by atoms with van der Waals surface area (Å²) in [5.74, 6) is -0.473. The Kier molecular flexibility index (Phi) is 6.22. The van der Waals surface area contributed by atoms with Crippen LogP contribution in [0.1, 0.15) is 39.3 Å². The molecule has 4 rings (SSSR count). The van der Waals surface area contributed by atoms with Crippen molar-refractivity contribution >= 4 is 39.2 Å². The number of nitrogens with two attached hydrogens (primary N) is 1. The van der Waals surface area contributed by atoms with Gasteiger partial charge in [0.15, 0.2) is 5.16 Å². The number of primary amides is 1. The Hall–Kier alpha value is -2.90. The molecule has 1 amide bonds. The Morgan fingerprint density at radius 3 is 2.47 bits per heavy atom. The van der Waals surface area contributed by atoms with Gasteiger partial charge in [0.25, 0.3) is 5.56 Å². The lowest BCUT2D eigenvalue weighted by Crippen LogP contribution is -2.24. The summed E-state index contributed by atoms with van der Waals surface area (Å²) in [6, 6.07) is 15.3. The molecule has 0 fully saturated rings. The van der Waals surface area contributed by atoms with Crippen molar-refractivity contribution in [1.82, 2.24) is 9.55 Å². The van der Waals surface area contributed by atoms with E-state index in [1.54, 1.807) is 4.57 Å². The van der Waals surface area contributed by atoms with Crippen LogP contribution in [0.2, 0.25) is 0 Å². The van der Waals surface area contributed by atoms with E-state index in [0.29, 0.717) is 15.4 Å². The molecule has 2 heterocycles. The minimum Gasteiger partial charge on any atom is -0.368 e. The fraction of sp³-hybridized carbons (Fsp3) is 0.240. The normalized spacial score (nSPS) is 12.2. The summed E-state index contributed by atoms with van der Waals surface area (Å²) in [6.45, 7) is 8.13. The van der Waals surface area contributed by atoms with Gasteiger partial charge in [-0.3, -0.25) is 14.2 Å². The summed E-state index contributed by atoms with van der Waals surface area (Å²) in [6.07, 6.45) is 0.760. The molecule has 1 unspecified atom stereocenters. The highest BCUT2D eigenvalue weighted by atomic mass is 32.2. The minimum atomic E-state index is -0.662. The van der Waals surface area contributed by atoms with E-state index < -0.39 is 11.2 Å². The molecule has 2 aromatic heterocycles. The van der Waals surface area contributed by atoms with Crippen molar-refractivity contribution in [2.75, 3.05) is 0 Å². The molecule has 5 nitrogen and oxygen atoms in total. The fourth-order valence-electron chi connectivity index (χ4n) is 3.82. The van der Waals surface area contributed by atoms with Gasteiger partial charge in [-0.2, -0.15) is 0 Å². The first-order valence-corrected chi connectivity index (χ1v) is 12.1. The summed E-state index contributed by atoms with van der Waals surface area (Å²) in [5, 5.41) is 0.459. The maximum atomic E-state index is 13.8. The average Bonchev–Trinajstić information content (AvgIpc) is 3.09. The van der Waals surface area contributed by atoms with Gasteiger partial charge < -0.3 is 5.73 Å².